The summed E-state index contributed by atoms with van der Waals surface area (Å²) in [5.41, 5.74) is 1.18. The second-order valence-electron chi connectivity index (χ2n) is 7.04. The number of benzene rings is 1. The lowest BCUT2D eigenvalue weighted by molar-refractivity contribution is 0.0698. The highest BCUT2D eigenvalue weighted by atomic mass is 19.1. The monoisotopic (exact) mass is 342 g/mol. The summed E-state index contributed by atoms with van der Waals surface area (Å²) >= 11 is 0. The van der Waals surface area contributed by atoms with E-state index in [9.17, 15) is 9.18 Å². The molecule has 1 saturated carbocycles. The number of likely N-dealkylation sites (tertiary alicyclic amines) is 1. The average molecular weight is 342 g/mol. The Bertz CT molecular complexity index is 730. The molecule has 1 aromatic heterocycles. The van der Waals surface area contributed by atoms with Gasteiger partial charge in [-0.1, -0.05) is 0 Å². The van der Waals surface area contributed by atoms with E-state index in [1.165, 1.54) is 25.0 Å². The second-order valence-corrected chi connectivity index (χ2v) is 7.04. The molecule has 0 radical (unpaired) electrons. The lowest BCUT2D eigenvalue weighted by atomic mass is 10.0. The first-order valence-electron chi connectivity index (χ1n) is 9.03. The molecule has 1 aliphatic heterocycles. The molecule has 0 spiro atoms. The van der Waals surface area contributed by atoms with Crippen molar-refractivity contribution in [3.8, 4) is 5.69 Å². The molecule has 25 heavy (non-hydrogen) atoms. The molecule has 2 aromatic rings. The lowest BCUT2D eigenvalue weighted by Crippen LogP contribution is -2.45. The van der Waals surface area contributed by atoms with E-state index in [0.717, 1.165) is 44.1 Å². The maximum Gasteiger partial charge on any atom is 0.274 e. The van der Waals surface area contributed by atoms with Gasteiger partial charge in [0.15, 0.2) is 5.69 Å². The number of piperidine rings is 1. The molecule has 1 amide bonds. The fourth-order valence-electron chi connectivity index (χ4n) is 3.28. The van der Waals surface area contributed by atoms with Crippen LogP contribution in [-0.2, 0) is 0 Å². The number of carbonyl (C=O) groups is 1. The van der Waals surface area contributed by atoms with E-state index in [0.29, 0.717) is 11.7 Å². The molecule has 0 bridgehead atoms. The minimum absolute atomic E-state index is 0.0264. The number of nitrogens with zero attached hydrogens (tertiary/aromatic N) is 3. The minimum atomic E-state index is -0.287. The summed E-state index contributed by atoms with van der Waals surface area (Å²) in [4.78, 5) is 14.5. The molecular formula is C19H23FN4O. The summed E-state index contributed by atoms with van der Waals surface area (Å²) in [7, 11) is 0. The molecule has 2 aliphatic rings. The third-order valence-corrected chi connectivity index (χ3v) is 5.07. The lowest BCUT2D eigenvalue weighted by Gasteiger charge is -2.32. The smallest absolute Gasteiger partial charge is 0.274 e. The van der Waals surface area contributed by atoms with Gasteiger partial charge in [0, 0.05) is 25.3 Å². The van der Waals surface area contributed by atoms with Gasteiger partial charge in [0.1, 0.15) is 5.82 Å². The topological polar surface area (TPSA) is 50.2 Å². The van der Waals surface area contributed by atoms with Crippen LogP contribution in [-0.4, -0.2) is 46.3 Å². The summed E-state index contributed by atoms with van der Waals surface area (Å²) in [5, 5.41) is 7.98. The van der Waals surface area contributed by atoms with Gasteiger partial charge < -0.3 is 10.2 Å². The Morgan fingerprint density at radius 2 is 1.84 bits per heavy atom. The Morgan fingerprint density at radius 3 is 2.52 bits per heavy atom. The summed E-state index contributed by atoms with van der Waals surface area (Å²) in [6, 6.07) is 8.32. The van der Waals surface area contributed by atoms with Crippen molar-refractivity contribution in [2.75, 3.05) is 19.6 Å². The first kappa shape index (κ1) is 16.3. The number of carbonyl (C=O) groups excluding carboxylic acids is 1. The van der Waals surface area contributed by atoms with Gasteiger partial charge in [0.2, 0.25) is 0 Å². The molecule has 1 N–H and O–H groups in total. The average Bonchev–Trinajstić information content (AvgIpc) is 3.35. The predicted octanol–water partition coefficient (Wildman–Crippen LogP) is 2.62. The molecule has 6 heteroatoms. The first-order valence-corrected chi connectivity index (χ1v) is 9.03. The number of amides is 1. The van der Waals surface area contributed by atoms with Crippen LogP contribution in [0.4, 0.5) is 4.39 Å². The minimum Gasteiger partial charge on any atom is -0.337 e. The number of rotatable bonds is 5. The van der Waals surface area contributed by atoms with Gasteiger partial charge in [0.25, 0.3) is 5.91 Å². The van der Waals surface area contributed by atoms with Crippen molar-refractivity contribution < 1.29 is 9.18 Å². The molecule has 0 atom stereocenters. The van der Waals surface area contributed by atoms with E-state index in [1.54, 1.807) is 29.1 Å². The van der Waals surface area contributed by atoms with Crippen LogP contribution >= 0.6 is 0 Å². The fraction of sp³-hybridized carbons (Fsp3) is 0.474. The van der Waals surface area contributed by atoms with Crippen LogP contribution in [0, 0.1) is 11.7 Å². The normalized spacial score (nSPS) is 18.5. The Kier molecular flexibility index (Phi) is 4.53. The van der Waals surface area contributed by atoms with E-state index in [4.69, 9.17) is 0 Å². The predicted molar refractivity (Wildman–Crippen MR) is 93.2 cm³/mol. The Hall–Kier alpha value is -2.21. The Balaban J connectivity index is 1.34. The number of halogens is 1. The SMILES string of the molecule is O=C(c1ccn(-c2ccc(F)cc2)n1)N1CCC(NCC2CC2)CC1. The Labute approximate surface area is 146 Å². The van der Waals surface area contributed by atoms with Crippen molar-refractivity contribution in [3.05, 3.63) is 48.0 Å². The number of hydrogen-bond acceptors (Lipinski definition) is 3. The zero-order chi connectivity index (χ0) is 17.2. The first-order chi connectivity index (χ1) is 12.2. The van der Waals surface area contributed by atoms with Crippen molar-refractivity contribution in [1.29, 1.82) is 0 Å². The van der Waals surface area contributed by atoms with Crippen LogP contribution < -0.4 is 5.32 Å². The zero-order valence-corrected chi connectivity index (χ0v) is 14.2. The zero-order valence-electron chi connectivity index (χ0n) is 14.2. The van der Waals surface area contributed by atoms with Gasteiger partial charge in [-0.2, -0.15) is 5.10 Å². The maximum atomic E-state index is 13.0. The number of hydrogen-bond donors (Lipinski definition) is 1. The highest BCUT2D eigenvalue weighted by molar-refractivity contribution is 5.92. The summed E-state index contributed by atoms with van der Waals surface area (Å²) in [5.74, 6) is 0.571. The summed E-state index contributed by atoms with van der Waals surface area (Å²) in [6.07, 6.45) is 6.46. The molecule has 2 heterocycles. The molecule has 1 aromatic carbocycles. The third-order valence-electron chi connectivity index (χ3n) is 5.07. The van der Waals surface area contributed by atoms with E-state index in [2.05, 4.69) is 10.4 Å². The molecule has 5 nitrogen and oxygen atoms in total. The van der Waals surface area contributed by atoms with Crippen LogP contribution in [0.2, 0.25) is 0 Å². The third kappa shape index (κ3) is 3.90. The van der Waals surface area contributed by atoms with Crippen LogP contribution in [0.25, 0.3) is 5.69 Å². The number of nitrogens with one attached hydrogen (secondary N) is 1. The van der Waals surface area contributed by atoms with Crippen molar-refractivity contribution in [1.82, 2.24) is 20.0 Å². The molecular weight excluding hydrogens is 319 g/mol. The standard InChI is InChI=1S/C19H23FN4O/c20-15-3-5-17(6-4-15)24-12-9-18(22-24)19(25)23-10-7-16(8-11-23)21-13-14-1-2-14/h3-6,9,12,14,16,21H,1-2,7-8,10-11,13H2. The van der Waals surface area contributed by atoms with Gasteiger partial charge in [0.05, 0.1) is 5.69 Å². The van der Waals surface area contributed by atoms with E-state index in [-0.39, 0.29) is 11.7 Å². The molecule has 132 valence electrons. The highest BCUT2D eigenvalue weighted by Crippen LogP contribution is 2.28. The van der Waals surface area contributed by atoms with Gasteiger partial charge in [-0.3, -0.25) is 4.79 Å². The molecule has 1 aliphatic carbocycles. The van der Waals surface area contributed by atoms with Gasteiger partial charge in [-0.25, -0.2) is 9.07 Å². The van der Waals surface area contributed by atoms with Crippen LogP contribution in [0.3, 0.4) is 0 Å². The molecule has 4 rings (SSSR count). The molecule has 1 saturated heterocycles. The van der Waals surface area contributed by atoms with Gasteiger partial charge in [-0.15, -0.1) is 0 Å². The van der Waals surface area contributed by atoms with E-state index < -0.39 is 0 Å². The Morgan fingerprint density at radius 1 is 1.12 bits per heavy atom. The second kappa shape index (κ2) is 6.96. The van der Waals surface area contributed by atoms with E-state index in [1.807, 2.05) is 4.90 Å². The highest BCUT2D eigenvalue weighted by Gasteiger charge is 2.27. The van der Waals surface area contributed by atoms with Crippen molar-refractivity contribution in [3.63, 3.8) is 0 Å². The quantitative estimate of drug-likeness (QED) is 0.909. The molecule has 2 fully saturated rings. The fourth-order valence-corrected chi connectivity index (χ4v) is 3.28. The van der Waals surface area contributed by atoms with Crippen molar-refractivity contribution in [2.45, 2.75) is 31.7 Å². The van der Waals surface area contributed by atoms with Gasteiger partial charge >= 0.3 is 0 Å². The summed E-state index contributed by atoms with van der Waals surface area (Å²) < 4.78 is 14.6. The van der Waals surface area contributed by atoms with E-state index >= 15 is 0 Å². The number of aromatic nitrogens is 2. The van der Waals surface area contributed by atoms with Crippen molar-refractivity contribution in [2.24, 2.45) is 5.92 Å². The summed E-state index contributed by atoms with van der Waals surface area (Å²) in [6.45, 7) is 2.66. The van der Waals surface area contributed by atoms with Crippen LogP contribution in [0.15, 0.2) is 36.5 Å². The largest absolute Gasteiger partial charge is 0.337 e. The van der Waals surface area contributed by atoms with Crippen molar-refractivity contribution >= 4 is 5.91 Å². The van der Waals surface area contributed by atoms with Crippen LogP contribution in [0.5, 0.6) is 0 Å². The maximum absolute atomic E-state index is 13.0. The molecule has 0 unspecified atom stereocenters. The van der Waals surface area contributed by atoms with Gasteiger partial charge in [-0.05, 0) is 68.5 Å². The van der Waals surface area contributed by atoms with Crippen LogP contribution in [0.1, 0.15) is 36.2 Å².